The van der Waals surface area contributed by atoms with Crippen molar-refractivity contribution in [3.05, 3.63) is 91.0 Å². The van der Waals surface area contributed by atoms with E-state index in [-0.39, 0.29) is 11.9 Å². The van der Waals surface area contributed by atoms with E-state index < -0.39 is 7.26 Å². The van der Waals surface area contributed by atoms with Crippen molar-refractivity contribution < 1.29 is 9.47 Å². The molecule has 3 rings (SSSR count). The van der Waals surface area contributed by atoms with Gasteiger partial charge in [0.05, 0.1) is 0 Å². The van der Waals surface area contributed by atoms with Gasteiger partial charge in [0.25, 0.3) is 0 Å². The van der Waals surface area contributed by atoms with Crippen molar-refractivity contribution in [2.75, 3.05) is 39.1 Å². The standard InChI is InChI=1S/C26H34N5O2P/c27-25(28)31-26(29)30-16-17-32-18-19-33-20-21-34(22-10-4-1-5-11-22,23-12-6-2-7-13-23)24-14-8-3-9-15-24/h1-15,34H,16-21H2,(H6,27,28,29,30,31). The zero-order valence-electron chi connectivity index (χ0n) is 19.3. The molecule has 0 radical (unpaired) electrons. The summed E-state index contributed by atoms with van der Waals surface area (Å²) in [6, 6.07) is 32.4. The van der Waals surface area contributed by atoms with Gasteiger partial charge >= 0.3 is 191 Å². The second-order valence-electron chi connectivity index (χ2n) is 7.82. The van der Waals surface area contributed by atoms with E-state index in [0.29, 0.717) is 33.0 Å². The zero-order chi connectivity index (χ0) is 24.1. The number of hydrogen-bond donors (Lipinski definition) is 5. The fourth-order valence-electron chi connectivity index (χ4n) is 4.08. The molecule has 0 saturated heterocycles. The van der Waals surface area contributed by atoms with Crippen molar-refractivity contribution in [3.8, 4) is 0 Å². The molecule has 0 aliphatic carbocycles. The van der Waals surface area contributed by atoms with Crippen LogP contribution in [0.2, 0.25) is 0 Å². The van der Waals surface area contributed by atoms with Crippen LogP contribution in [0.5, 0.6) is 0 Å². The predicted octanol–water partition coefficient (Wildman–Crippen LogP) is 1.75. The van der Waals surface area contributed by atoms with Crippen LogP contribution in [0.3, 0.4) is 0 Å². The molecule has 180 valence electrons. The molecule has 8 heteroatoms. The van der Waals surface area contributed by atoms with Gasteiger partial charge in [-0.15, -0.1) is 0 Å². The summed E-state index contributed by atoms with van der Waals surface area (Å²) in [4.78, 5) is 0. The summed E-state index contributed by atoms with van der Waals surface area (Å²) >= 11 is 0. The fraction of sp³-hybridized carbons (Fsp3) is 0.231. The van der Waals surface area contributed by atoms with Crippen LogP contribution in [0.4, 0.5) is 0 Å². The topological polar surface area (TPSA) is 116 Å². The first-order valence-corrected chi connectivity index (χ1v) is 13.6. The minimum absolute atomic E-state index is 0.0172. The Kier molecular flexibility index (Phi) is 10.0. The number of hydrogen-bond acceptors (Lipinski definition) is 4. The van der Waals surface area contributed by atoms with E-state index in [1.807, 2.05) is 0 Å². The Morgan fingerprint density at radius 1 is 0.676 bits per heavy atom. The fourth-order valence-corrected chi connectivity index (χ4v) is 8.68. The van der Waals surface area contributed by atoms with E-state index in [1.54, 1.807) is 0 Å². The predicted molar refractivity (Wildman–Crippen MR) is 144 cm³/mol. The Labute approximate surface area is 202 Å². The maximum atomic E-state index is 7.54. The molecule has 0 spiro atoms. The van der Waals surface area contributed by atoms with E-state index >= 15 is 0 Å². The Morgan fingerprint density at radius 2 is 1.12 bits per heavy atom. The number of ether oxygens (including phenoxy) is 2. The summed E-state index contributed by atoms with van der Waals surface area (Å²) in [6.45, 7) is 2.50. The molecule has 0 aliphatic rings. The molecule has 0 bridgehead atoms. The second-order valence-corrected chi connectivity index (χ2v) is 11.9. The first kappa shape index (κ1) is 25.4. The molecule has 0 saturated carbocycles. The van der Waals surface area contributed by atoms with Gasteiger partial charge in [-0.3, -0.25) is 5.41 Å². The third-order valence-corrected chi connectivity index (χ3v) is 10.5. The average Bonchev–Trinajstić information content (AvgIpc) is 2.86. The van der Waals surface area contributed by atoms with Crippen LogP contribution in [-0.4, -0.2) is 51.1 Å². The van der Waals surface area contributed by atoms with Crippen molar-refractivity contribution in [1.29, 1.82) is 10.8 Å². The van der Waals surface area contributed by atoms with Crippen molar-refractivity contribution in [3.63, 3.8) is 0 Å². The van der Waals surface area contributed by atoms with Gasteiger partial charge in [0.2, 0.25) is 0 Å². The zero-order valence-corrected chi connectivity index (χ0v) is 20.3. The van der Waals surface area contributed by atoms with E-state index in [9.17, 15) is 0 Å². The Balaban J connectivity index is 1.60. The van der Waals surface area contributed by atoms with E-state index in [4.69, 9.17) is 26.0 Å². The van der Waals surface area contributed by atoms with Crippen molar-refractivity contribution >= 4 is 35.1 Å². The molecule has 6 N–H and O–H groups in total. The molecule has 34 heavy (non-hydrogen) atoms. The Bertz CT molecular complexity index is 922. The molecule has 0 fully saturated rings. The molecule has 0 atom stereocenters. The summed E-state index contributed by atoms with van der Waals surface area (Å²) in [5, 5.41) is 23.9. The summed E-state index contributed by atoms with van der Waals surface area (Å²) in [5.41, 5.74) is 5.18. The number of nitrogens with two attached hydrogens (primary N) is 1. The number of guanidine groups is 2. The van der Waals surface area contributed by atoms with Crippen LogP contribution in [0.15, 0.2) is 91.0 Å². The molecule has 0 aliphatic heterocycles. The van der Waals surface area contributed by atoms with E-state index in [2.05, 4.69) is 102 Å². The van der Waals surface area contributed by atoms with Gasteiger partial charge < -0.3 is 5.73 Å². The molecule has 3 aromatic carbocycles. The van der Waals surface area contributed by atoms with Crippen LogP contribution in [-0.2, 0) is 9.47 Å². The van der Waals surface area contributed by atoms with Crippen LogP contribution >= 0.6 is 7.26 Å². The van der Waals surface area contributed by atoms with Gasteiger partial charge in [0.15, 0.2) is 0 Å². The van der Waals surface area contributed by atoms with E-state index in [1.165, 1.54) is 15.9 Å². The van der Waals surface area contributed by atoms with Gasteiger partial charge in [0.1, 0.15) is 0 Å². The Hall–Kier alpha value is -3.25. The monoisotopic (exact) mass is 479 g/mol. The number of benzene rings is 3. The quantitative estimate of drug-likeness (QED) is 0.117. The summed E-state index contributed by atoms with van der Waals surface area (Å²) in [6.07, 6.45) is 0.931. The van der Waals surface area contributed by atoms with Gasteiger partial charge in [-0.1, -0.05) is 0 Å². The summed E-state index contributed by atoms with van der Waals surface area (Å²) in [7, 11) is -2.27. The van der Waals surface area contributed by atoms with Gasteiger partial charge in [-0.05, 0) is 0 Å². The third kappa shape index (κ3) is 7.12. The number of rotatable bonds is 12. The van der Waals surface area contributed by atoms with Gasteiger partial charge in [-0.2, -0.15) is 0 Å². The normalized spacial score (nSPS) is 11.5. The molecule has 3 aromatic rings. The molecule has 0 aromatic heterocycles. The third-order valence-electron chi connectivity index (χ3n) is 5.60. The molecule has 0 heterocycles. The van der Waals surface area contributed by atoms with Crippen LogP contribution in [0.25, 0.3) is 0 Å². The molecule has 0 amide bonds. The minimum atomic E-state index is -2.27. The molecule has 0 unspecified atom stereocenters. The summed E-state index contributed by atoms with van der Waals surface area (Å²) in [5.74, 6) is -0.288. The van der Waals surface area contributed by atoms with Gasteiger partial charge in [-0.25, -0.2) is 0 Å². The first-order valence-electron chi connectivity index (χ1n) is 11.4. The van der Waals surface area contributed by atoms with Crippen molar-refractivity contribution in [1.82, 2.24) is 10.6 Å². The van der Waals surface area contributed by atoms with Crippen LogP contribution < -0.4 is 32.3 Å². The van der Waals surface area contributed by atoms with Crippen LogP contribution in [0, 0.1) is 10.8 Å². The molecular weight excluding hydrogens is 445 g/mol. The first-order chi connectivity index (χ1) is 16.6. The van der Waals surface area contributed by atoms with E-state index in [0.717, 1.165) is 6.16 Å². The number of nitrogens with one attached hydrogen (secondary N) is 4. The van der Waals surface area contributed by atoms with Crippen molar-refractivity contribution in [2.24, 2.45) is 5.73 Å². The van der Waals surface area contributed by atoms with Gasteiger partial charge in [0, 0.05) is 0 Å². The molecular formula is C26H34N5O2P. The summed E-state index contributed by atoms with van der Waals surface area (Å²) < 4.78 is 11.6. The Morgan fingerprint density at radius 3 is 1.56 bits per heavy atom. The maximum absolute atomic E-state index is 7.54. The average molecular weight is 480 g/mol. The van der Waals surface area contributed by atoms with Crippen molar-refractivity contribution in [2.45, 2.75) is 0 Å². The second kappa shape index (κ2) is 13.5. The van der Waals surface area contributed by atoms with Crippen LogP contribution in [0.1, 0.15) is 0 Å². The SMILES string of the molecule is N=C(N)NC(=N)NCCOCCOCC[PH](c1ccccc1)(c1ccccc1)c1ccccc1. The molecule has 7 nitrogen and oxygen atoms in total.